The Hall–Kier alpha value is -2.90. The van der Waals surface area contributed by atoms with Gasteiger partial charge in [0.15, 0.2) is 0 Å². The van der Waals surface area contributed by atoms with E-state index in [0.29, 0.717) is 6.42 Å². The van der Waals surface area contributed by atoms with E-state index in [2.05, 4.69) is 22.9 Å². The van der Waals surface area contributed by atoms with Crippen LogP contribution in [0.3, 0.4) is 0 Å². The maximum Gasteiger partial charge on any atom is 0.329 e. The minimum Gasteiger partial charge on any atom is -0.460 e. The summed E-state index contributed by atoms with van der Waals surface area (Å²) in [5, 5.41) is 8.59. The first kappa shape index (κ1) is 32.3. The summed E-state index contributed by atoms with van der Waals surface area (Å²) in [6, 6.07) is 6.75. The molecule has 3 amide bonds. The van der Waals surface area contributed by atoms with Gasteiger partial charge in [0.05, 0.1) is 6.42 Å². The van der Waals surface area contributed by atoms with Crippen LogP contribution in [0.5, 0.6) is 0 Å². The minimum atomic E-state index is -0.925. The van der Waals surface area contributed by atoms with Crippen LogP contribution in [-0.4, -0.2) is 47.9 Å². The zero-order valence-electron chi connectivity index (χ0n) is 24.6. The molecule has 0 radical (unpaired) electrons. The van der Waals surface area contributed by atoms with Gasteiger partial charge < -0.3 is 20.7 Å². The molecule has 1 heterocycles. The molecule has 1 aliphatic rings. The van der Waals surface area contributed by atoms with Gasteiger partial charge in [0, 0.05) is 6.42 Å². The van der Waals surface area contributed by atoms with Crippen molar-refractivity contribution in [2.45, 2.75) is 117 Å². The standard InChI is InChI=1S/C31H49N3O5/c1-7-9-10-12-15-22(6)25-19-26(35)33-27(20(3)4)30(37)32-24(18-23-16-13-11-14-17-23)29(36)34-28(21(5)8-2)31(38)39-25/h11,13-14,16-17,20-22,24-25,27-28H,7-10,12,15,18-19H2,1-6H3,(H,32,37)(H,33,35)(H,34,36)/t21-,22?,24+,25?,27+,28?/m1/s1. The number of cyclic esters (lactones) is 1. The number of esters is 1. The third kappa shape index (κ3) is 10.3. The summed E-state index contributed by atoms with van der Waals surface area (Å²) in [6.45, 7) is 11.7. The van der Waals surface area contributed by atoms with Gasteiger partial charge in [0.1, 0.15) is 24.2 Å². The molecule has 8 nitrogen and oxygen atoms in total. The monoisotopic (exact) mass is 543 g/mol. The molecular formula is C31H49N3O5. The first-order chi connectivity index (χ1) is 18.6. The molecule has 2 rings (SSSR count). The minimum absolute atomic E-state index is 0.0359. The van der Waals surface area contributed by atoms with E-state index >= 15 is 0 Å². The lowest BCUT2D eigenvalue weighted by Gasteiger charge is -2.29. The summed E-state index contributed by atoms with van der Waals surface area (Å²) >= 11 is 0. The third-order valence-electron chi connectivity index (χ3n) is 7.75. The number of nitrogens with one attached hydrogen (secondary N) is 3. The van der Waals surface area contributed by atoms with E-state index in [1.54, 1.807) is 0 Å². The van der Waals surface area contributed by atoms with Crippen LogP contribution in [0, 0.1) is 17.8 Å². The third-order valence-corrected chi connectivity index (χ3v) is 7.75. The number of unbranched alkanes of at least 4 members (excludes halogenated alkanes) is 3. The second kappa shape index (κ2) is 16.3. The van der Waals surface area contributed by atoms with Gasteiger partial charge in [0.2, 0.25) is 17.7 Å². The quantitative estimate of drug-likeness (QED) is 0.284. The van der Waals surface area contributed by atoms with Crippen LogP contribution < -0.4 is 16.0 Å². The number of ether oxygens (including phenoxy) is 1. The van der Waals surface area contributed by atoms with Crippen molar-refractivity contribution in [2.75, 3.05) is 0 Å². The highest BCUT2D eigenvalue weighted by Gasteiger charge is 2.36. The van der Waals surface area contributed by atoms with Crippen molar-refractivity contribution in [3.63, 3.8) is 0 Å². The number of carbonyl (C=O) groups excluding carboxylic acids is 4. The average molecular weight is 544 g/mol. The van der Waals surface area contributed by atoms with Gasteiger partial charge in [-0.25, -0.2) is 4.79 Å². The fourth-order valence-corrected chi connectivity index (χ4v) is 4.85. The van der Waals surface area contributed by atoms with Crippen LogP contribution in [-0.2, 0) is 30.3 Å². The van der Waals surface area contributed by atoms with Crippen LogP contribution in [0.25, 0.3) is 0 Å². The second-order valence-electron chi connectivity index (χ2n) is 11.4. The smallest absolute Gasteiger partial charge is 0.329 e. The van der Waals surface area contributed by atoms with Gasteiger partial charge >= 0.3 is 5.97 Å². The number of carbonyl (C=O) groups is 4. The van der Waals surface area contributed by atoms with Crippen LogP contribution >= 0.6 is 0 Å². The molecule has 0 saturated carbocycles. The van der Waals surface area contributed by atoms with Gasteiger partial charge in [-0.3, -0.25) is 14.4 Å². The topological polar surface area (TPSA) is 114 Å². The van der Waals surface area contributed by atoms with Gasteiger partial charge in [-0.1, -0.05) is 104 Å². The molecule has 0 spiro atoms. The van der Waals surface area contributed by atoms with Crippen molar-refractivity contribution in [2.24, 2.45) is 17.8 Å². The van der Waals surface area contributed by atoms with Gasteiger partial charge in [-0.15, -0.1) is 0 Å². The van der Waals surface area contributed by atoms with Gasteiger partial charge in [-0.05, 0) is 29.7 Å². The summed E-state index contributed by atoms with van der Waals surface area (Å²) in [5.41, 5.74) is 0.868. The lowest BCUT2D eigenvalue weighted by molar-refractivity contribution is -0.158. The normalized spacial score (nSPS) is 24.8. The largest absolute Gasteiger partial charge is 0.460 e. The molecule has 39 heavy (non-hydrogen) atoms. The maximum absolute atomic E-state index is 13.6. The molecule has 1 aromatic carbocycles. The van der Waals surface area contributed by atoms with Crippen LogP contribution in [0.2, 0.25) is 0 Å². The second-order valence-corrected chi connectivity index (χ2v) is 11.4. The Morgan fingerprint density at radius 2 is 1.51 bits per heavy atom. The maximum atomic E-state index is 13.6. The molecule has 0 bridgehead atoms. The predicted octanol–water partition coefficient (Wildman–Crippen LogP) is 4.31. The molecule has 3 N–H and O–H groups in total. The Labute approximate surface area is 234 Å². The molecule has 6 atom stereocenters. The highest BCUT2D eigenvalue weighted by atomic mass is 16.5. The van der Waals surface area contributed by atoms with E-state index in [-0.39, 0.29) is 36.5 Å². The Morgan fingerprint density at radius 1 is 0.821 bits per heavy atom. The van der Waals surface area contributed by atoms with Crippen LogP contribution in [0.4, 0.5) is 0 Å². The molecule has 8 heteroatoms. The molecule has 1 aromatic rings. The van der Waals surface area contributed by atoms with Crippen molar-refractivity contribution in [3.8, 4) is 0 Å². The molecule has 1 saturated heterocycles. The van der Waals surface area contributed by atoms with E-state index in [4.69, 9.17) is 4.74 Å². The van der Waals surface area contributed by atoms with Crippen molar-refractivity contribution >= 4 is 23.7 Å². The highest BCUT2D eigenvalue weighted by molar-refractivity contribution is 5.94. The lowest BCUT2D eigenvalue weighted by atomic mass is 9.93. The number of amides is 3. The Balaban J connectivity index is 2.41. The molecule has 218 valence electrons. The van der Waals surface area contributed by atoms with Gasteiger partial charge in [-0.2, -0.15) is 0 Å². The molecule has 1 aliphatic heterocycles. The first-order valence-corrected chi connectivity index (χ1v) is 14.7. The van der Waals surface area contributed by atoms with E-state index in [9.17, 15) is 19.2 Å². The molecule has 1 fully saturated rings. The number of hydrogen-bond acceptors (Lipinski definition) is 5. The zero-order chi connectivity index (χ0) is 28.9. The highest BCUT2D eigenvalue weighted by Crippen LogP contribution is 2.22. The molecule has 0 aromatic heterocycles. The van der Waals surface area contributed by atoms with E-state index in [1.807, 2.05) is 65.0 Å². The average Bonchev–Trinajstić information content (AvgIpc) is 2.91. The Kier molecular flexibility index (Phi) is 13.5. The SMILES string of the molecule is CCCCCCC(C)C1CC(=O)N[C@@H](C(C)C)C(=O)N[C@@H](Cc2ccccc2)C(=O)NC([C@H](C)CC)C(=O)O1. The van der Waals surface area contributed by atoms with E-state index < -0.39 is 42.0 Å². The van der Waals surface area contributed by atoms with E-state index in [0.717, 1.165) is 37.7 Å². The summed E-state index contributed by atoms with van der Waals surface area (Å²) in [4.78, 5) is 53.7. The Morgan fingerprint density at radius 3 is 2.13 bits per heavy atom. The van der Waals surface area contributed by atoms with Crippen molar-refractivity contribution < 1.29 is 23.9 Å². The van der Waals surface area contributed by atoms with Gasteiger partial charge in [0.25, 0.3) is 0 Å². The zero-order valence-corrected chi connectivity index (χ0v) is 24.6. The van der Waals surface area contributed by atoms with Crippen molar-refractivity contribution in [1.29, 1.82) is 0 Å². The van der Waals surface area contributed by atoms with Crippen LogP contribution in [0.1, 0.15) is 92.1 Å². The van der Waals surface area contributed by atoms with Crippen LogP contribution in [0.15, 0.2) is 30.3 Å². The first-order valence-electron chi connectivity index (χ1n) is 14.7. The van der Waals surface area contributed by atoms with Crippen molar-refractivity contribution in [3.05, 3.63) is 35.9 Å². The number of hydrogen-bond donors (Lipinski definition) is 3. The Bertz CT molecular complexity index is 935. The molecule has 0 aliphatic carbocycles. The summed E-state index contributed by atoms with van der Waals surface area (Å²) in [7, 11) is 0. The molecule has 3 unspecified atom stereocenters. The predicted molar refractivity (Wildman–Crippen MR) is 153 cm³/mol. The fourth-order valence-electron chi connectivity index (χ4n) is 4.85. The number of benzene rings is 1. The van der Waals surface area contributed by atoms with E-state index in [1.165, 1.54) is 0 Å². The molecular weight excluding hydrogens is 494 g/mol. The summed E-state index contributed by atoms with van der Waals surface area (Å²) < 4.78 is 5.99. The fraction of sp³-hybridized carbons (Fsp3) is 0.677. The summed E-state index contributed by atoms with van der Waals surface area (Å²) in [6.07, 6.45) is 5.33. The summed E-state index contributed by atoms with van der Waals surface area (Å²) in [5.74, 6) is -2.22. The van der Waals surface area contributed by atoms with Crippen molar-refractivity contribution in [1.82, 2.24) is 16.0 Å². The number of rotatable bonds is 11. The lowest BCUT2D eigenvalue weighted by Crippen LogP contribution is -2.58.